The third-order valence-corrected chi connectivity index (χ3v) is 2.31. The number of ether oxygens (including phenoxy) is 2. The fraction of sp³-hybridized carbons (Fsp3) is 0.500. The molecule has 0 saturated carbocycles. The number of halogens is 3. The maximum atomic E-state index is 11.9. The molecule has 0 saturated heterocycles. The smallest absolute Gasteiger partial charge is 0.391 e. The summed E-state index contributed by atoms with van der Waals surface area (Å²) in [5, 5.41) is 8.97. The zero-order chi connectivity index (χ0) is 13.6. The summed E-state index contributed by atoms with van der Waals surface area (Å²) in [7, 11) is 1.47. The monoisotopic (exact) mass is 264 g/mol. The van der Waals surface area contributed by atoms with Crippen molar-refractivity contribution in [3.63, 3.8) is 0 Å². The van der Waals surface area contributed by atoms with Crippen LogP contribution in [0.4, 0.5) is 13.2 Å². The van der Waals surface area contributed by atoms with Gasteiger partial charge in [0.1, 0.15) is 5.75 Å². The number of alkyl halides is 3. The van der Waals surface area contributed by atoms with E-state index < -0.39 is 19.2 Å². The number of benzene rings is 1. The number of aliphatic hydroxyl groups excluding tert-OH is 1. The highest BCUT2D eigenvalue weighted by atomic mass is 19.4. The molecule has 0 aromatic heterocycles. The highest BCUT2D eigenvalue weighted by Crippen LogP contribution is 2.22. The molecule has 0 spiro atoms. The van der Waals surface area contributed by atoms with Crippen LogP contribution in [0.25, 0.3) is 0 Å². The van der Waals surface area contributed by atoms with E-state index in [0.29, 0.717) is 16.9 Å². The molecule has 0 amide bonds. The number of methoxy groups -OCH3 is 1. The summed E-state index contributed by atoms with van der Waals surface area (Å²) >= 11 is 0. The van der Waals surface area contributed by atoms with E-state index in [0.717, 1.165) is 0 Å². The van der Waals surface area contributed by atoms with Crippen molar-refractivity contribution in [2.45, 2.75) is 25.8 Å². The molecule has 0 heterocycles. The predicted molar refractivity (Wildman–Crippen MR) is 59.2 cm³/mol. The van der Waals surface area contributed by atoms with E-state index in [9.17, 15) is 13.2 Å². The number of rotatable bonds is 6. The average Bonchev–Trinajstić information content (AvgIpc) is 2.33. The van der Waals surface area contributed by atoms with Gasteiger partial charge < -0.3 is 14.6 Å². The third kappa shape index (κ3) is 4.93. The van der Waals surface area contributed by atoms with Crippen molar-refractivity contribution in [3.8, 4) is 5.75 Å². The van der Waals surface area contributed by atoms with Crippen molar-refractivity contribution in [3.05, 3.63) is 29.3 Å². The lowest BCUT2D eigenvalue weighted by atomic mass is 10.1. The van der Waals surface area contributed by atoms with Crippen LogP contribution in [0.5, 0.6) is 5.75 Å². The minimum Gasteiger partial charge on any atom is -0.496 e. The van der Waals surface area contributed by atoms with E-state index in [1.54, 1.807) is 18.2 Å². The molecule has 102 valence electrons. The Hall–Kier alpha value is -1.27. The molecule has 3 nitrogen and oxygen atoms in total. The van der Waals surface area contributed by atoms with Crippen LogP contribution in [-0.2, 0) is 18.0 Å². The van der Waals surface area contributed by atoms with Gasteiger partial charge >= 0.3 is 6.18 Å². The van der Waals surface area contributed by atoms with Gasteiger partial charge in [0.25, 0.3) is 0 Å². The normalized spacial score (nSPS) is 11.6. The van der Waals surface area contributed by atoms with E-state index >= 15 is 0 Å². The van der Waals surface area contributed by atoms with Gasteiger partial charge in [-0.25, -0.2) is 0 Å². The zero-order valence-electron chi connectivity index (χ0n) is 9.96. The van der Waals surface area contributed by atoms with Crippen LogP contribution < -0.4 is 4.74 Å². The topological polar surface area (TPSA) is 38.7 Å². The Labute approximate surface area is 103 Å². The van der Waals surface area contributed by atoms with E-state index in [4.69, 9.17) is 14.6 Å². The molecular weight excluding hydrogens is 249 g/mol. The summed E-state index contributed by atoms with van der Waals surface area (Å²) in [6.45, 7) is -0.511. The number of hydrogen-bond donors (Lipinski definition) is 1. The number of aliphatic hydroxyl groups is 1. The van der Waals surface area contributed by atoms with Gasteiger partial charge in [-0.05, 0) is 17.7 Å². The lowest BCUT2D eigenvalue weighted by Gasteiger charge is -2.11. The van der Waals surface area contributed by atoms with E-state index in [-0.39, 0.29) is 13.2 Å². The summed E-state index contributed by atoms with van der Waals surface area (Å²) in [6, 6.07) is 4.97. The van der Waals surface area contributed by atoms with Crippen molar-refractivity contribution < 1.29 is 27.8 Å². The largest absolute Gasteiger partial charge is 0.496 e. The van der Waals surface area contributed by atoms with Gasteiger partial charge in [0.15, 0.2) is 0 Å². The molecular formula is C12H15F3O3. The van der Waals surface area contributed by atoms with Crippen LogP contribution in [0.2, 0.25) is 0 Å². The van der Waals surface area contributed by atoms with Crippen LogP contribution in [0.15, 0.2) is 18.2 Å². The molecule has 1 rings (SSSR count). The van der Waals surface area contributed by atoms with Gasteiger partial charge in [-0.15, -0.1) is 0 Å². The molecule has 1 aromatic rings. The second-order valence-corrected chi connectivity index (χ2v) is 3.72. The van der Waals surface area contributed by atoms with Crippen LogP contribution >= 0.6 is 0 Å². The van der Waals surface area contributed by atoms with Gasteiger partial charge in [0, 0.05) is 5.56 Å². The second-order valence-electron chi connectivity index (χ2n) is 3.72. The molecule has 1 N–H and O–H groups in total. The van der Waals surface area contributed by atoms with Crippen LogP contribution in [0.1, 0.15) is 17.5 Å². The Bertz CT molecular complexity index is 377. The second kappa shape index (κ2) is 6.61. The molecule has 6 heteroatoms. The molecule has 1 aromatic carbocycles. The van der Waals surface area contributed by atoms with Crippen LogP contribution in [-0.4, -0.2) is 25.0 Å². The minimum absolute atomic E-state index is 0.0209. The molecule has 0 bridgehead atoms. The summed E-state index contributed by atoms with van der Waals surface area (Å²) in [5.41, 5.74) is 1.27. The van der Waals surface area contributed by atoms with Crippen molar-refractivity contribution in [2.75, 3.05) is 13.7 Å². The first kappa shape index (κ1) is 14.8. The summed E-state index contributed by atoms with van der Waals surface area (Å²) in [4.78, 5) is 0. The Kier molecular flexibility index (Phi) is 5.43. The first-order valence-corrected chi connectivity index (χ1v) is 5.37. The van der Waals surface area contributed by atoms with Crippen molar-refractivity contribution in [1.82, 2.24) is 0 Å². The Morgan fingerprint density at radius 1 is 1.28 bits per heavy atom. The lowest BCUT2D eigenvalue weighted by Crippen LogP contribution is -2.11. The Morgan fingerprint density at radius 3 is 2.56 bits per heavy atom. The average molecular weight is 264 g/mol. The fourth-order valence-corrected chi connectivity index (χ4v) is 1.41. The standard InChI is InChI=1S/C12H15F3O3/c1-17-11-3-2-9(7-16)6-10(11)8-18-5-4-12(13,14)15/h2-3,6,16H,4-5,7-8H2,1H3. The molecule has 18 heavy (non-hydrogen) atoms. The summed E-state index contributed by atoms with van der Waals surface area (Å²) in [6.07, 6.45) is -5.19. The number of hydrogen-bond acceptors (Lipinski definition) is 3. The van der Waals surface area contributed by atoms with Gasteiger partial charge in [-0.3, -0.25) is 0 Å². The van der Waals surface area contributed by atoms with Gasteiger partial charge in [0.2, 0.25) is 0 Å². The molecule has 0 aliphatic carbocycles. The zero-order valence-corrected chi connectivity index (χ0v) is 9.96. The third-order valence-electron chi connectivity index (χ3n) is 2.31. The molecule has 0 radical (unpaired) electrons. The van der Waals surface area contributed by atoms with E-state index in [2.05, 4.69) is 0 Å². The minimum atomic E-state index is -4.21. The molecule has 0 atom stereocenters. The molecule has 0 unspecified atom stereocenters. The van der Waals surface area contributed by atoms with Crippen molar-refractivity contribution in [1.29, 1.82) is 0 Å². The maximum absolute atomic E-state index is 11.9. The lowest BCUT2D eigenvalue weighted by molar-refractivity contribution is -0.146. The summed E-state index contributed by atoms with van der Waals surface area (Å²) in [5.74, 6) is 0.527. The predicted octanol–water partition coefficient (Wildman–Crippen LogP) is 2.66. The van der Waals surface area contributed by atoms with E-state index in [1.165, 1.54) is 7.11 Å². The molecule has 0 aliphatic rings. The Morgan fingerprint density at radius 2 is 2.00 bits per heavy atom. The van der Waals surface area contributed by atoms with Gasteiger partial charge in [0.05, 0.1) is 33.4 Å². The maximum Gasteiger partial charge on any atom is 0.391 e. The van der Waals surface area contributed by atoms with Gasteiger partial charge in [-0.1, -0.05) is 6.07 Å². The van der Waals surface area contributed by atoms with Crippen molar-refractivity contribution >= 4 is 0 Å². The first-order chi connectivity index (χ1) is 8.46. The summed E-state index contributed by atoms with van der Waals surface area (Å²) < 4.78 is 45.7. The fourth-order valence-electron chi connectivity index (χ4n) is 1.41. The van der Waals surface area contributed by atoms with Crippen LogP contribution in [0.3, 0.4) is 0 Å². The quantitative estimate of drug-likeness (QED) is 0.803. The van der Waals surface area contributed by atoms with E-state index in [1.807, 2.05) is 0 Å². The van der Waals surface area contributed by atoms with Crippen LogP contribution in [0, 0.1) is 0 Å². The highest BCUT2D eigenvalue weighted by Gasteiger charge is 2.26. The Balaban J connectivity index is 2.54. The first-order valence-electron chi connectivity index (χ1n) is 5.37. The SMILES string of the molecule is COc1ccc(CO)cc1COCCC(F)(F)F. The van der Waals surface area contributed by atoms with Gasteiger partial charge in [-0.2, -0.15) is 13.2 Å². The molecule has 0 aliphatic heterocycles. The van der Waals surface area contributed by atoms with Crippen molar-refractivity contribution in [2.24, 2.45) is 0 Å². The highest BCUT2D eigenvalue weighted by molar-refractivity contribution is 5.36. The molecule has 0 fully saturated rings.